The lowest BCUT2D eigenvalue weighted by Crippen LogP contribution is -2.47. The zero-order valence-electron chi connectivity index (χ0n) is 17.6. The first-order valence-corrected chi connectivity index (χ1v) is 10.2. The fraction of sp³-hybridized carbons (Fsp3) is 0.476. The fourth-order valence-corrected chi connectivity index (χ4v) is 3.61. The Morgan fingerprint density at radius 1 is 1.16 bits per heavy atom. The molecule has 2 amide bonds. The third-order valence-corrected chi connectivity index (χ3v) is 5.45. The predicted molar refractivity (Wildman–Crippen MR) is 112 cm³/mol. The van der Waals surface area contributed by atoms with Crippen LogP contribution in [0.15, 0.2) is 33.9 Å². The van der Waals surface area contributed by atoms with Crippen molar-refractivity contribution in [3.63, 3.8) is 0 Å². The first-order chi connectivity index (χ1) is 14.8. The van der Waals surface area contributed by atoms with E-state index in [4.69, 9.17) is 4.74 Å². The summed E-state index contributed by atoms with van der Waals surface area (Å²) in [4.78, 5) is 67.1. The van der Waals surface area contributed by atoms with Gasteiger partial charge in [-0.2, -0.15) is 0 Å². The molecule has 2 heterocycles. The fourth-order valence-electron chi connectivity index (χ4n) is 3.61. The lowest BCUT2D eigenvalue weighted by molar-refractivity contribution is -0.151. The number of carbonyl (C=O) groups is 3. The highest BCUT2D eigenvalue weighted by Gasteiger charge is 2.29. The van der Waals surface area contributed by atoms with Crippen molar-refractivity contribution in [1.82, 2.24) is 19.4 Å². The number of nitrogens with zero attached hydrogens (tertiary/aromatic N) is 3. The molecule has 1 aromatic heterocycles. The average molecular weight is 430 g/mol. The Labute approximate surface area is 178 Å². The van der Waals surface area contributed by atoms with E-state index in [1.807, 2.05) is 0 Å². The SMILES string of the molecule is CCOC(=O)C1CCN(C(=O)CN(C)C(=O)Cn2c(=O)[nH]c3ccccc3c2=O)CC1. The Hall–Kier alpha value is -3.43. The quantitative estimate of drug-likeness (QED) is 0.642. The molecule has 10 nitrogen and oxygen atoms in total. The number of benzene rings is 1. The van der Waals surface area contributed by atoms with Gasteiger partial charge in [0.15, 0.2) is 0 Å². The summed E-state index contributed by atoms with van der Waals surface area (Å²) in [6.45, 7) is 2.26. The van der Waals surface area contributed by atoms with Crippen LogP contribution in [0.1, 0.15) is 19.8 Å². The zero-order chi connectivity index (χ0) is 22.5. The zero-order valence-corrected chi connectivity index (χ0v) is 17.6. The number of nitrogens with one attached hydrogen (secondary N) is 1. The summed E-state index contributed by atoms with van der Waals surface area (Å²) in [5, 5.41) is 0.304. The van der Waals surface area contributed by atoms with Crippen LogP contribution in [0.3, 0.4) is 0 Å². The van der Waals surface area contributed by atoms with Gasteiger partial charge >= 0.3 is 11.7 Å². The second kappa shape index (κ2) is 9.59. The van der Waals surface area contributed by atoms with Gasteiger partial charge in [-0.1, -0.05) is 12.1 Å². The lowest BCUT2D eigenvalue weighted by Gasteiger charge is -2.32. The number of aromatic amines is 1. The van der Waals surface area contributed by atoms with E-state index in [1.54, 1.807) is 36.1 Å². The molecule has 0 saturated carbocycles. The Morgan fingerprint density at radius 2 is 1.84 bits per heavy atom. The largest absolute Gasteiger partial charge is 0.466 e. The number of hydrogen-bond donors (Lipinski definition) is 1. The van der Waals surface area contributed by atoms with E-state index < -0.39 is 23.7 Å². The van der Waals surface area contributed by atoms with Gasteiger partial charge in [-0.15, -0.1) is 0 Å². The minimum absolute atomic E-state index is 0.177. The van der Waals surface area contributed by atoms with Gasteiger partial charge in [0, 0.05) is 20.1 Å². The minimum Gasteiger partial charge on any atom is -0.466 e. The van der Waals surface area contributed by atoms with Crippen LogP contribution in [-0.2, 0) is 25.7 Å². The van der Waals surface area contributed by atoms with Crippen molar-refractivity contribution >= 4 is 28.7 Å². The molecule has 31 heavy (non-hydrogen) atoms. The van der Waals surface area contributed by atoms with Crippen LogP contribution in [0.5, 0.6) is 0 Å². The molecule has 2 aromatic rings. The maximum atomic E-state index is 12.6. The van der Waals surface area contributed by atoms with Crippen LogP contribution >= 0.6 is 0 Å². The van der Waals surface area contributed by atoms with Gasteiger partial charge in [-0.25, -0.2) is 4.79 Å². The first-order valence-electron chi connectivity index (χ1n) is 10.2. The number of hydrogen-bond acceptors (Lipinski definition) is 6. The summed E-state index contributed by atoms with van der Waals surface area (Å²) >= 11 is 0. The van der Waals surface area contributed by atoms with Gasteiger partial charge in [0.2, 0.25) is 11.8 Å². The smallest absolute Gasteiger partial charge is 0.329 e. The first kappa shape index (κ1) is 22.3. The molecule has 1 fully saturated rings. The number of ether oxygens (including phenoxy) is 1. The van der Waals surface area contributed by atoms with E-state index in [1.165, 1.54) is 11.9 Å². The molecule has 1 aromatic carbocycles. The lowest BCUT2D eigenvalue weighted by atomic mass is 9.97. The third-order valence-electron chi connectivity index (χ3n) is 5.45. The molecular weight excluding hydrogens is 404 g/mol. The second-order valence-electron chi connectivity index (χ2n) is 7.52. The van der Waals surface area contributed by atoms with E-state index in [0.29, 0.717) is 43.4 Å². The Bertz CT molecular complexity index is 1100. The predicted octanol–water partition coefficient (Wildman–Crippen LogP) is -0.0501. The van der Waals surface area contributed by atoms with Crippen molar-refractivity contribution in [1.29, 1.82) is 0 Å². The number of likely N-dealkylation sites (N-methyl/N-ethyl adjacent to an activating group) is 1. The Morgan fingerprint density at radius 3 is 2.52 bits per heavy atom. The molecule has 1 aliphatic rings. The van der Waals surface area contributed by atoms with Gasteiger partial charge < -0.3 is 19.5 Å². The molecule has 1 N–H and O–H groups in total. The third kappa shape index (κ3) is 5.01. The van der Waals surface area contributed by atoms with Crippen LogP contribution in [0.25, 0.3) is 10.9 Å². The van der Waals surface area contributed by atoms with E-state index in [9.17, 15) is 24.0 Å². The van der Waals surface area contributed by atoms with E-state index in [-0.39, 0.29) is 24.3 Å². The molecule has 0 spiro atoms. The number of esters is 1. The summed E-state index contributed by atoms with van der Waals surface area (Å²) in [5.41, 5.74) is -0.845. The highest BCUT2D eigenvalue weighted by atomic mass is 16.5. The normalized spacial score (nSPS) is 14.5. The maximum Gasteiger partial charge on any atom is 0.329 e. The number of amides is 2. The van der Waals surface area contributed by atoms with Crippen LogP contribution in [-0.4, -0.2) is 70.4 Å². The molecular formula is C21H26N4O6. The number of rotatable bonds is 6. The summed E-state index contributed by atoms with van der Waals surface area (Å²) in [6, 6.07) is 6.55. The van der Waals surface area contributed by atoms with Crippen molar-refractivity contribution in [3.05, 3.63) is 45.1 Å². The van der Waals surface area contributed by atoms with Crippen molar-refractivity contribution in [2.24, 2.45) is 5.92 Å². The number of fused-ring (bicyclic) bond motifs is 1. The van der Waals surface area contributed by atoms with Crippen LogP contribution in [0.4, 0.5) is 0 Å². The number of aromatic nitrogens is 2. The van der Waals surface area contributed by atoms with Gasteiger partial charge in [0.1, 0.15) is 6.54 Å². The van der Waals surface area contributed by atoms with Crippen molar-refractivity contribution in [3.8, 4) is 0 Å². The van der Waals surface area contributed by atoms with E-state index in [2.05, 4.69) is 4.98 Å². The molecule has 1 aliphatic heterocycles. The molecule has 0 bridgehead atoms. The second-order valence-corrected chi connectivity index (χ2v) is 7.52. The number of H-pyrrole nitrogens is 1. The topological polar surface area (TPSA) is 122 Å². The molecule has 166 valence electrons. The van der Waals surface area contributed by atoms with E-state index >= 15 is 0 Å². The maximum absolute atomic E-state index is 12.6. The molecule has 0 aliphatic carbocycles. The standard InChI is InChI=1S/C21H26N4O6/c1-3-31-20(29)14-8-10-24(11-9-14)18(27)12-23(2)17(26)13-25-19(28)15-6-4-5-7-16(15)22-21(25)30/h4-7,14H,3,8-13H2,1-2H3,(H,22,30). The monoisotopic (exact) mass is 430 g/mol. The summed E-state index contributed by atoms with van der Waals surface area (Å²) < 4.78 is 5.85. The van der Waals surface area contributed by atoms with E-state index in [0.717, 1.165) is 4.57 Å². The summed E-state index contributed by atoms with van der Waals surface area (Å²) in [7, 11) is 1.45. The number of likely N-dealkylation sites (tertiary alicyclic amines) is 1. The molecule has 0 unspecified atom stereocenters. The van der Waals surface area contributed by atoms with Gasteiger partial charge in [0.05, 0.1) is 30.0 Å². The minimum atomic E-state index is -0.683. The average Bonchev–Trinajstić information content (AvgIpc) is 2.76. The van der Waals surface area contributed by atoms with Crippen LogP contribution in [0, 0.1) is 5.92 Å². The molecule has 0 radical (unpaired) electrons. The van der Waals surface area contributed by atoms with Gasteiger partial charge in [-0.3, -0.25) is 23.7 Å². The summed E-state index contributed by atoms with van der Waals surface area (Å²) in [6.07, 6.45) is 1.04. The number of para-hydroxylation sites is 1. The van der Waals surface area contributed by atoms with Crippen LogP contribution in [0.2, 0.25) is 0 Å². The Balaban J connectivity index is 1.60. The van der Waals surface area contributed by atoms with Crippen molar-refractivity contribution < 1.29 is 19.1 Å². The van der Waals surface area contributed by atoms with Crippen molar-refractivity contribution in [2.45, 2.75) is 26.3 Å². The van der Waals surface area contributed by atoms with Crippen LogP contribution < -0.4 is 11.2 Å². The molecule has 1 saturated heterocycles. The van der Waals surface area contributed by atoms with Crippen molar-refractivity contribution in [2.75, 3.05) is 33.3 Å². The molecule has 3 rings (SSSR count). The summed E-state index contributed by atoms with van der Waals surface area (Å²) in [5.74, 6) is -1.24. The molecule has 0 atom stereocenters. The highest BCUT2D eigenvalue weighted by molar-refractivity contribution is 5.85. The number of piperidine rings is 1. The Kier molecular flexibility index (Phi) is 6.88. The number of carbonyl (C=O) groups excluding carboxylic acids is 3. The highest BCUT2D eigenvalue weighted by Crippen LogP contribution is 2.18. The molecule has 10 heteroatoms. The van der Waals surface area contributed by atoms with Gasteiger partial charge in [-0.05, 0) is 31.9 Å². The van der Waals surface area contributed by atoms with Gasteiger partial charge in [0.25, 0.3) is 5.56 Å².